The minimum atomic E-state index is -0.359. The normalized spacial score (nSPS) is 10.3. The van der Waals surface area contributed by atoms with Crippen LogP contribution in [0, 0.1) is 6.92 Å². The van der Waals surface area contributed by atoms with E-state index >= 15 is 0 Å². The maximum absolute atomic E-state index is 11.6. The highest BCUT2D eigenvalue weighted by atomic mass is 16.5. The third-order valence-corrected chi connectivity index (χ3v) is 2.60. The molecule has 0 fully saturated rings. The van der Waals surface area contributed by atoms with E-state index in [0.717, 1.165) is 11.1 Å². The molecule has 94 valence electrons. The fraction of sp³-hybridized carbons (Fsp3) is 0.286. The number of aromatic nitrogens is 2. The van der Waals surface area contributed by atoms with E-state index in [1.54, 1.807) is 11.6 Å². The number of ether oxygens (including phenoxy) is 1. The van der Waals surface area contributed by atoms with Gasteiger partial charge in [-0.3, -0.25) is 4.68 Å². The van der Waals surface area contributed by atoms with Crippen molar-refractivity contribution in [3.05, 3.63) is 53.3 Å². The summed E-state index contributed by atoms with van der Waals surface area (Å²) in [6.45, 7) is 4.67. The molecule has 2 rings (SSSR count). The first-order chi connectivity index (χ1) is 8.70. The van der Waals surface area contributed by atoms with E-state index in [1.165, 1.54) is 0 Å². The number of rotatable bonds is 4. The predicted molar refractivity (Wildman–Crippen MR) is 68.5 cm³/mol. The van der Waals surface area contributed by atoms with Gasteiger partial charge in [0.25, 0.3) is 0 Å². The molecule has 1 aromatic carbocycles. The topological polar surface area (TPSA) is 44.1 Å². The Hall–Kier alpha value is -2.10. The summed E-state index contributed by atoms with van der Waals surface area (Å²) in [5.74, 6) is -0.359. The van der Waals surface area contributed by atoms with E-state index in [1.807, 2.05) is 43.5 Å². The van der Waals surface area contributed by atoms with Gasteiger partial charge in [-0.2, -0.15) is 5.10 Å². The molecule has 0 N–H and O–H groups in total. The molecule has 0 saturated heterocycles. The van der Waals surface area contributed by atoms with Crippen LogP contribution in [0.4, 0.5) is 0 Å². The van der Waals surface area contributed by atoms with Gasteiger partial charge in [0.2, 0.25) is 0 Å². The highest BCUT2D eigenvalue weighted by molar-refractivity contribution is 5.88. The first-order valence-corrected chi connectivity index (χ1v) is 5.95. The Morgan fingerprint density at radius 2 is 2.06 bits per heavy atom. The Morgan fingerprint density at radius 3 is 2.72 bits per heavy atom. The van der Waals surface area contributed by atoms with Crippen molar-refractivity contribution in [3.63, 3.8) is 0 Å². The van der Waals surface area contributed by atoms with Crippen LogP contribution in [0.25, 0.3) is 0 Å². The van der Waals surface area contributed by atoms with Crippen molar-refractivity contribution in [1.29, 1.82) is 0 Å². The molecular formula is C14H16N2O2. The van der Waals surface area contributed by atoms with Crippen LogP contribution in [0.2, 0.25) is 0 Å². The highest BCUT2D eigenvalue weighted by Crippen LogP contribution is 2.09. The average Bonchev–Trinajstić information content (AvgIpc) is 2.72. The number of esters is 1. The quantitative estimate of drug-likeness (QED) is 0.776. The molecule has 0 spiro atoms. The maximum Gasteiger partial charge on any atom is 0.359 e. The number of carbonyl (C=O) groups is 1. The molecule has 4 heteroatoms. The molecule has 0 aliphatic carbocycles. The van der Waals surface area contributed by atoms with Crippen molar-refractivity contribution < 1.29 is 9.53 Å². The summed E-state index contributed by atoms with van der Waals surface area (Å²) in [6.07, 6.45) is 1.86. The number of carbonyl (C=O) groups excluding carboxylic acids is 1. The maximum atomic E-state index is 11.6. The fourth-order valence-electron chi connectivity index (χ4n) is 1.77. The number of nitrogens with zero attached hydrogens (tertiary/aromatic N) is 2. The van der Waals surface area contributed by atoms with E-state index in [9.17, 15) is 4.79 Å². The molecule has 0 aliphatic rings. The zero-order valence-corrected chi connectivity index (χ0v) is 10.6. The zero-order valence-electron chi connectivity index (χ0n) is 10.6. The molecule has 0 bridgehead atoms. The predicted octanol–water partition coefficient (Wildman–Crippen LogP) is 2.42. The molecule has 0 atom stereocenters. The summed E-state index contributed by atoms with van der Waals surface area (Å²) < 4.78 is 6.72. The Labute approximate surface area is 106 Å². The number of hydrogen-bond acceptors (Lipinski definition) is 3. The smallest absolute Gasteiger partial charge is 0.359 e. The largest absolute Gasteiger partial charge is 0.461 e. The van der Waals surface area contributed by atoms with Crippen molar-refractivity contribution in [2.45, 2.75) is 20.4 Å². The molecule has 0 radical (unpaired) electrons. The molecule has 2 aromatic rings. The van der Waals surface area contributed by atoms with E-state index in [-0.39, 0.29) is 5.97 Å². The Balaban J connectivity index is 2.16. The van der Waals surface area contributed by atoms with Gasteiger partial charge in [0, 0.05) is 11.8 Å². The fourth-order valence-corrected chi connectivity index (χ4v) is 1.77. The van der Waals surface area contributed by atoms with Gasteiger partial charge in [0.1, 0.15) is 0 Å². The second-order valence-corrected chi connectivity index (χ2v) is 4.06. The van der Waals surface area contributed by atoms with Crippen molar-refractivity contribution in [2.75, 3.05) is 6.61 Å². The highest BCUT2D eigenvalue weighted by Gasteiger charge is 2.14. The monoisotopic (exact) mass is 244 g/mol. The molecule has 0 unspecified atom stereocenters. The number of aryl methyl sites for hydroxylation is 1. The SMILES string of the molecule is CCOC(=O)c1nn(Cc2ccccc2)cc1C. The first kappa shape index (κ1) is 12.4. The second kappa shape index (κ2) is 5.49. The van der Waals surface area contributed by atoms with E-state index < -0.39 is 0 Å². The summed E-state index contributed by atoms with van der Waals surface area (Å²) in [7, 11) is 0. The molecule has 18 heavy (non-hydrogen) atoms. The first-order valence-electron chi connectivity index (χ1n) is 5.95. The van der Waals surface area contributed by atoms with Gasteiger partial charge in [0.15, 0.2) is 5.69 Å². The summed E-state index contributed by atoms with van der Waals surface area (Å²) in [4.78, 5) is 11.6. The lowest BCUT2D eigenvalue weighted by molar-refractivity contribution is 0.0517. The standard InChI is InChI=1S/C14H16N2O2/c1-3-18-14(17)13-11(2)9-16(15-13)10-12-7-5-4-6-8-12/h4-9H,3,10H2,1-2H3. The summed E-state index contributed by atoms with van der Waals surface area (Å²) >= 11 is 0. The minimum absolute atomic E-state index is 0.359. The number of hydrogen-bond donors (Lipinski definition) is 0. The van der Waals surface area contributed by atoms with Crippen molar-refractivity contribution in [1.82, 2.24) is 9.78 Å². The minimum Gasteiger partial charge on any atom is -0.461 e. The van der Waals surface area contributed by atoms with Gasteiger partial charge >= 0.3 is 5.97 Å². The van der Waals surface area contributed by atoms with Gasteiger partial charge < -0.3 is 4.74 Å². The van der Waals surface area contributed by atoms with Gasteiger partial charge in [-0.05, 0) is 19.4 Å². The summed E-state index contributed by atoms with van der Waals surface area (Å²) in [6, 6.07) is 10.00. The molecule has 4 nitrogen and oxygen atoms in total. The Morgan fingerprint density at radius 1 is 1.33 bits per heavy atom. The van der Waals surface area contributed by atoms with Crippen molar-refractivity contribution in [3.8, 4) is 0 Å². The van der Waals surface area contributed by atoms with Crippen molar-refractivity contribution >= 4 is 5.97 Å². The Bertz CT molecular complexity index is 532. The van der Waals surface area contributed by atoms with Crippen LogP contribution in [0.1, 0.15) is 28.5 Å². The van der Waals surface area contributed by atoms with Crippen LogP contribution >= 0.6 is 0 Å². The van der Waals surface area contributed by atoms with Gasteiger partial charge in [-0.15, -0.1) is 0 Å². The molecule has 1 aromatic heterocycles. The van der Waals surface area contributed by atoms with E-state index in [0.29, 0.717) is 18.8 Å². The summed E-state index contributed by atoms with van der Waals surface area (Å²) in [5.41, 5.74) is 2.38. The van der Waals surface area contributed by atoms with Gasteiger partial charge in [-0.25, -0.2) is 4.79 Å². The van der Waals surface area contributed by atoms with E-state index in [4.69, 9.17) is 4.74 Å². The van der Waals surface area contributed by atoms with Gasteiger partial charge in [0.05, 0.1) is 13.2 Å². The molecule has 0 aliphatic heterocycles. The average molecular weight is 244 g/mol. The van der Waals surface area contributed by atoms with Crippen LogP contribution in [0.15, 0.2) is 36.5 Å². The van der Waals surface area contributed by atoms with Crippen LogP contribution in [-0.4, -0.2) is 22.4 Å². The zero-order chi connectivity index (χ0) is 13.0. The van der Waals surface area contributed by atoms with Crippen molar-refractivity contribution in [2.24, 2.45) is 0 Å². The molecule has 1 heterocycles. The lowest BCUT2D eigenvalue weighted by Gasteiger charge is -2.01. The van der Waals surface area contributed by atoms with Crippen LogP contribution < -0.4 is 0 Å². The van der Waals surface area contributed by atoms with Crippen LogP contribution in [-0.2, 0) is 11.3 Å². The third kappa shape index (κ3) is 2.77. The number of benzene rings is 1. The lowest BCUT2D eigenvalue weighted by Crippen LogP contribution is -2.08. The summed E-state index contributed by atoms with van der Waals surface area (Å²) in [5, 5.41) is 4.27. The Kier molecular flexibility index (Phi) is 3.77. The molecule has 0 amide bonds. The second-order valence-electron chi connectivity index (χ2n) is 4.06. The van der Waals surface area contributed by atoms with E-state index in [2.05, 4.69) is 5.10 Å². The lowest BCUT2D eigenvalue weighted by atomic mass is 10.2. The van der Waals surface area contributed by atoms with Crippen LogP contribution in [0.5, 0.6) is 0 Å². The molecule has 0 saturated carbocycles. The third-order valence-electron chi connectivity index (χ3n) is 2.60. The van der Waals surface area contributed by atoms with Gasteiger partial charge in [-0.1, -0.05) is 30.3 Å². The molecular weight excluding hydrogens is 228 g/mol. The van der Waals surface area contributed by atoms with Crippen LogP contribution in [0.3, 0.4) is 0 Å².